The summed E-state index contributed by atoms with van der Waals surface area (Å²) in [4.78, 5) is 17.0. The van der Waals surface area contributed by atoms with Gasteiger partial charge in [0.1, 0.15) is 5.82 Å². The first-order valence-corrected chi connectivity index (χ1v) is 10.9. The first-order chi connectivity index (χ1) is 14.0. The average Bonchev–Trinajstić information content (AvgIpc) is 3.06. The van der Waals surface area contributed by atoms with Gasteiger partial charge in [-0.1, -0.05) is 44.0 Å². The van der Waals surface area contributed by atoms with Crippen LogP contribution >= 0.6 is 11.6 Å². The van der Waals surface area contributed by atoms with Crippen LogP contribution in [0.1, 0.15) is 55.7 Å². The lowest BCUT2D eigenvalue weighted by atomic mass is 10.1. The molecule has 0 fully saturated rings. The number of carbonyl (C=O) groups is 1. The summed E-state index contributed by atoms with van der Waals surface area (Å²) in [6.45, 7) is 6.23. The van der Waals surface area contributed by atoms with Crippen molar-refractivity contribution in [2.75, 3.05) is 6.54 Å². The van der Waals surface area contributed by atoms with Crippen LogP contribution in [0, 0.1) is 5.92 Å². The van der Waals surface area contributed by atoms with Gasteiger partial charge in [0.15, 0.2) is 0 Å². The fraction of sp³-hybridized carbons (Fsp3) is 0.417. The Kier molecular flexibility index (Phi) is 7.70. The largest absolute Gasteiger partial charge is 0.352 e. The molecule has 0 aliphatic heterocycles. The second kappa shape index (κ2) is 10.4. The minimum Gasteiger partial charge on any atom is -0.352 e. The van der Waals surface area contributed by atoms with E-state index in [0.29, 0.717) is 23.0 Å². The number of hydrogen-bond acceptors (Lipinski definition) is 2. The van der Waals surface area contributed by atoms with Crippen LogP contribution in [0.2, 0.25) is 5.02 Å². The third-order valence-electron chi connectivity index (χ3n) is 5.13. The summed E-state index contributed by atoms with van der Waals surface area (Å²) in [6.07, 6.45) is 5.23. The topological polar surface area (TPSA) is 46.9 Å². The molecule has 0 aliphatic carbocycles. The van der Waals surface area contributed by atoms with Crippen molar-refractivity contribution in [2.24, 2.45) is 5.92 Å². The monoisotopic (exact) mass is 411 g/mol. The van der Waals surface area contributed by atoms with Crippen LogP contribution in [-0.4, -0.2) is 22.0 Å². The van der Waals surface area contributed by atoms with Gasteiger partial charge < -0.3 is 9.88 Å². The first-order valence-electron chi connectivity index (χ1n) is 10.5. The van der Waals surface area contributed by atoms with E-state index in [-0.39, 0.29) is 5.91 Å². The highest BCUT2D eigenvalue weighted by atomic mass is 35.5. The molecule has 0 aliphatic rings. The number of nitrogens with zero attached hydrogens (tertiary/aromatic N) is 2. The molecule has 0 saturated carbocycles. The smallest absolute Gasteiger partial charge is 0.251 e. The Morgan fingerprint density at radius 1 is 1.07 bits per heavy atom. The molecular formula is C24H30ClN3O. The van der Waals surface area contributed by atoms with Crippen molar-refractivity contribution in [3.8, 4) is 0 Å². The minimum absolute atomic E-state index is 0.0443. The number of carbonyl (C=O) groups excluding carboxylic acids is 1. The lowest BCUT2D eigenvalue weighted by molar-refractivity contribution is 0.0953. The Bertz CT molecular complexity index is 931. The van der Waals surface area contributed by atoms with Crippen LogP contribution in [-0.2, 0) is 13.0 Å². The number of rotatable bonds is 10. The number of imidazole rings is 1. The molecule has 0 unspecified atom stereocenters. The summed E-state index contributed by atoms with van der Waals surface area (Å²) >= 11 is 5.86. The van der Waals surface area contributed by atoms with Crippen LogP contribution in [0.5, 0.6) is 0 Å². The molecular weight excluding hydrogens is 382 g/mol. The summed E-state index contributed by atoms with van der Waals surface area (Å²) < 4.78 is 2.39. The van der Waals surface area contributed by atoms with E-state index in [4.69, 9.17) is 16.6 Å². The van der Waals surface area contributed by atoms with Gasteiger partial charge in [-0.15, -0.1) is 0 Å². The number of fused-ring (bicyclic) bond motifs is 1. The van der Waals surface area contributed by atoms with Crippen molar-refractivity contribution in [3.63, 3.8) is 0 Å². The highest BCUT2D eigenvalue weighted by Gasteiger charge is 2.11. The van der Waals surface area contributed by atoms with E-state index in [9.17, 15) is 4.79 Å². The van der Waals surface area contributed by atoms with Gasteiger partial charge in [0.2, 0.25) is 0 Å². The maximum absolute atomic E-state index is 12.1. The third kappa shape index (κ3) is 6.07. The highest BCUT2D eigenvalue weighted by molar-refractivity contribution is 6.30. The number of unbranched alkanes of at least 4 members (excludes halogenated alkanes) is 2. The number of nitrogens with one attached hydrogen (secondary N) is 1. The SMILES string of the molecule is CC(C)CCn1c(CCCCCNC(=O)c2ccc(Cl)cc2)nc2ccccc21. The highest BCUT2D eigenvalue weighted by Crippen LogP contribution is 2.19. The molecule has 154 valence electrons. The number of aryl methyl sites for hydroxylation is 2. The van der Waals surface area contributed by atoms with Gasteiger partial charge in [0.05, 0.1) is 11.0 Å². The molecule has 0 spiro atoms. The summed E-state index contributed by atoms with van der Waals surface area (Å²) in [5, 5.41) is 3.62. The van der Waals surface area contributed by atoms with Crippen molar-refractivity contribution >= 4 is 28.5 Å². The predicted octanol–water partition coefficient (Wildman–Crippen LogP) is 5.88. The van der Waals surface area contributed by atoms with E-state index in [1.807, 2.05) is 0 Å². The van der Waals surface area contributed by atoms with E-state index in [0.717, 1.165) is 44.2 Å². The van der Waals surface area contributed by atoms with Crippen molar-refractivity contribution in [1.82, 2.24) is 14.9 Å². The molecule has 5 heteroatoms. The second-order valence-corrected chi connectivity index (χ2v) is 8.36. The van der Waals surface area contributed by atoms with Gasteiger partial charge in [-0.3, -0.25) is 4.79 Å². The quantitative estimate of drug-likeness (QED) is 0.423. The fourth-order valence-corrected chi connectivity index (χ4v) is 3.57. The third-order valence-corrected chi connectivity index (χ3v) is 5.38. The van der Waals surface area contributed by atoms with E-state index in [1.165, 1.54) is 11.3 Å². The molecule has 0 radical (unpaired) electrons. The fourth-order valence-electron chi connectivity index (χ4n) is 3.44. The van der Waals surface area contributed by atoms with E-state index in [1.54, 1.807) is 24.3 Å². The van der Waals surface area contributed by atoms with Gasteiger partial charge in [0.25, 0.3) is 5.91 Å². The van der Waals surface area contributed by atoms with Crippen LogP contribution in [0.15, 0.2) is 48.5 Å². The lowest BCUT2D eigenvalue weighted by Crippen LogP contribution is -2.24. The summed E-state index contributed by atoms with van der Waals surface area (Å²) in [5.41, 5.74) is 2.97. The number of para-hydroxylation sites is 2. The number of amides is 1. The molecule has 1 N–H and O–H groups in total. The van der Waals surface area contributed by atoms with Crippen molar-refractivity contribution in [1.29, 1.82) is 0 Å². The van der Waals surface area contributed by atoms with Crippen LogP contribution in [0.4, 0.5) is 0 Å². The van der Waals surface area contributed by atoms with Gasteiger partial charge >= 0.3 is 0 Å². The molecule has 3 aromatic rings. The van der Waals surface area contributed by atoms with Crippen LogP contribution in [0.3, 0.4) is 0 Å². The van der Waals surface area contributed by atoms with E-state index >= 15 is 0 Å². The Morgan fingerprint density at radius 2 is 1.83 bits per heavy atom. The molecule has 1 amide bonds. The first kappa shape index (κ1) is 21.4. The summed E-state index contributed by atoms with van der Waals surface area (Å²) in [7, 11) is 0. The van der Waals surface area contributed by atoms with Crippen LogP contribution < -0.4 is 5.32 Å². The Morgan fingerprint density at radius 3 is 2.59 bits per heavy atom. The zero-order valence-electron chi connectivity index (χ0n) is 17.3. The van der Waals surface area contributed by atoms with Gasteiger partial charge in [-0.05, 0) is 61.6 Å². The Balaban J connectivity index is 1.46. The molecule has 1 aromatic heterocycles. The van der Waals surface area contributed by atoms with Gasteiger partial charge in [-0.2, -0.15) is 0 Å². The van der Waals surface area contributed by atoms with Crippen molar-refractivity contribution < 1.29 is 4.79 Å². The molecule has 2 aromatic carbocycles. The molecule has 0 saturated heterocycles. The number of aromatic nitrogens is 2. The minimum atomic E-state index is -0.0443. The second-order valence-electron chi connectivity index (χ2n) is 7.92. The predicted molar refractivity (Wildman–Crippen MR) is 121 cm³/mol. The van der Waals surface area contributed by atoms with E-state index < -0.39 is 0 Å². The Hall–Kier alpha value is -2.33. The summed E-state index contributed by atoms with van der Waals surface area (Å²) in [5.74, 6) is 1.81. The van der Waals surface area contributed by atoms with E-state index in [2.05, 4.69) is 48.0 Å². The zero-order chi connectivity index (χ0) is 20.6. The molecule has 0 bridgehead atoms. The maximum atomic E-state index is 12.1. The standard InChI is InChI=1S/C24H30ClN3O/c1-18(2)15-17-28-22-9-6-5-8-21(22)27-23(28)10-4-3-7-16-26-24(29)19-11-13-20(25)14-12-19/h5-6,8-9,11-14,18H,3-4,7,10,15-17H2,1-2H3,(H,26,29). The van der Waals surface area contributed by atoms with Crippen molar-refractivity contribution in [3.05, 3.63) is 64.9 Å². The zero-order valence-corrected chi connectivity index (χ0v) is 18.1. The maximum Gasteiger partial charge on any atom is 0.251 e. The molecule has 1 heterocycles. The Labute approximate surface area is 178 Å². The average molecular weight is 412 g/mol. The van der Waals surface area contributed by atoms with Crippen molar-refractivity contribution in [2.45, 2.75) is 52.5 Å². The molecule has 29 heavy (non-hydrogen) atoms. The number of benzene rings is 2. The number of halogens is 1. The molecule has 0 atom stereocenters. The number of hydrogen-bond donors (Lipinski definition) is 1. The van der Waals surface area contributed by atoms with Gasteiger partial charge in [0, 0.05) is 30.1 Å². The molecule has 3 rings (SSSR count). The molecule has 4 nitrogen and oxygen atoms in total. The summed E-state index contributed by atoms with van der Waals surface area (Å²) in [6, 6.07) is 15.4. The van der Waals surface area contributed by atoms with Gasteiger partial charge in [-0.25, -0.2) is 4.98 Å². The normalized spacial score (nSPS) is 11.3. The van der Waals surface area contributed by atoms with Crippen LogP contribution in [0.25, 0.3) is 11.0 Å². The lowest BCUT2D eigenvalue weighted by Gasteiger charge is -2.11.